The summed E-state index contributed by atoms with van der Waals surface area (Å²) >= 11 is 0. The number of hydrogen-bond donors (Lipinski definition) is 1. The summed E-state index contributed by atoms with van der Waals surface area (Å²) in [6.07, 6.45) is 3.02. The molecule has 0 saturated carbocycles. The summed E-state index contributed by atoms with van der Waals surface area (Å²) < 4.78 is 0. The summed E-state index contributed by atoms with van der Waals surface area (Å²) in [5.74, 6) is 0.234. The van der Waals surface area contributed by atoms with Crippen molar-refractivity contribution in [2.24, 2.45) is 0 Å². The molecule has 2 heteroatoms. The van der Waals surface area contributed by atoms with Crippen molar-refractivity contribution >= 4 is 5.78 Å². The second-order valence-corrected chi connectivity index (χ2v) is 2.21. The van der Waals surface area contributed by atoms with E-state index in [9.17, 15) is 4.79 Å². The molecule has 0 amide bonds. The van der Waals surface area contributed by atoms with Gasteiger partial charge in [0.2, 0.25) is 0 Å². The van der Waals surface area contributed by atoms with Gasteiger partial charge in [0, 0.05) is 0 Å². The van der Waals surface area contributed by atoms with Crippen molar-refractivity contribution < 1.29 is 9.90 Å². The molecule has 1 N–H and O–H groups in total. The molecule has 0 fully saturated rings. The SMILES string of the molecule is CC(=O)C=CC(C)=C(C)O. The minimum atomic E-state index is -0.0133. The van der Waals surface area contributed by atoms with Gasteiger partial charge in [0.05, 0.1) is 5.76 Å². The van der Waals surface area contributed by atoms with E-state index in [0.29, 0.717) is 0 Å². The number of carbonyl (C=O) groups excluding carboxylic acids is 1. The highest BCUT2D eigenvalue weighted by molar-refractivity contribution is 5.87. The molecule has 0 aromatic carbocycles. The molecule has 0 radical (unpaired) electrons. The Kier molecular flexibility index (Phi) is 3.47. The summed E-state index contributed by atoms with van der Waals surface area (Å²) in [4.78, 5) is 10.4. The van der Waals surface area contributed by atoms with E-state index >= 15 is 0 Å². The molecule has 0 spiro atoms. The minimum absolute atomic E-state index is 0.0133. The third-order valence-electron chi connectivity index (χ3n) is 1.14. The van der Waals surface area contributed by atoms with Crippen LogP contribution in [0.5, 0.6) is 0 Å². The Bertz CT molecular complexity index is 183. The van der Waals surface area contributed by atoms with E-state index in [1.165, 1.54) is 13.0 Å². The molecule has 0 bridgehead atoms. The first-order valence-corrected chi connectivity index (χ1v) is 3.09. The number of ketones is 1. The van der Waals surface area contributed by atoms with Crippen molar-refractivity contribution in [1.82, 2.24) is 0 Å². The zero-order valence-corrected chi connectivity index (χ0v) is 6.51. The topological polar surface area (TPSA) is 37.3 Å². The lowest BCUT2D eigenvalue weighted by Crippen LogP contribution is -1.82. The third kappa shape index (κ3) is 3.89. The third-order valence-corrected chi connectivity index (χ3v) is 1.14. The van der Waals surface area contributed by atoms with E-state index in [1.807, 2.05) is 0 Å². The molecular formula is C8H12O2. The molecule has 0 rings (SSSR count). The van der Waals surface area contributed by atoms with E-state index in [4.69, 9.17) is 5.11 Å². The number of hydrogen-bond acceptors (Lipinski definition) is 2. The second-order valence-electron chi connectivity index (χ2n) is 2.21. The fourth-order valence-corrected chi connectivity index (χ4v) is 0.363. The summed E-state index contributed by atoms with van der Waals surface area (Å²) in [5.41, 5.74) is 0.718. The Hall–Kier alpha value is -1.05. The lowest BCUT2D eigenvalue weighted by molar-refractivity contribution is -0.112. The molecular weight excluding hydrogens is 128 g/mol. The standard InChI is InChI=1S/C8H12O2/c1-6(8(3)10)4-5-7(2)9/h4-5,10H,1-3H3. The Balaban J connectivity index is 4.16. The highest BCUT2D eigenvalue weighted by Gasteiger charge is 1.88. The lowest BCUT2D eigenvalue weighted by Gasteiger charge is -1.91. The molecule has 0 saturated heterocycles. The molecule has 0 aromatic heterocycles. The smallest absolute Gasteiger partial charge is 0.152 e. The molecule has 0 aliphatic heterocycles. The van der Waals surface area contributed by atoms with Gasteiger partial charge in [0.1, 0.15) is 0 Å². The van der Waals surface area contributed by atoms with Gasteiger partial charge in [-0.1, -0.05) is 6.08 Å². The second kappa shape index (κ2) is 3.88. The minimum Gasteiger partial charge on any atom is -0.512 e. The van der Waals surface area contributed by atoms with Gasteiger partial charge in [-0.2, -0.15) is 0 Å². The number of aliphatic hydroxyl groups is 1. The van der Waals surface area contributed by atoms with Crippen LogP contribution >= 0.6 is 0 Å². The monoisotopic (exact) mass is 140 g/mol. The molecule has 56 valence electrons. The van der Waals surface area contributed by atoms with Crippen LogP contribution in [0.15, 0.2) is 23.5 Å². The number of carbonyl (C=O) groups is 1. The Morgan fingerprint density at radius 1 is 1.20 bits per heavy atom. The van der Waals surface area contributed by atoms with Crippen LogP contribution in [0, 0.1) is 0 Å². The molecule has 10 heavy (non-hydrogen) atoms. The Morgan fingerprint density at radius 3 is 2.00 bits per heavy atom. The van der Waals surface area contributed by atoms with Gasteiger partial charge in [0.25, 0.3) is 0 Å². The first-order chi connectivity index (χ1) is 4.54. The highest BCUT2D eigenvalue weighted by atomic mass is 16.3. The van der Waals surface area contributed by atoms with Crippen LogP contribution in [0.1, 0.15) is 20.8 Å². The maximum Gasteiger partial charge on any atom is 0.152 e. The first-order valence-electron chi connectivity index (χ1n) is 3.09. The van der Waals surface area contributed by atoms with Crippen molar-refractivity contribution in [3.05, 3.63) is 23.5 Å². The average Bonchev–Trinajstić information content (AvgIpc) is 1.82. The lowest BCUT2D eigenvalue weighted by atomic mass is 10.2. The largest absolute Gasteiger partial charge is 0.512 e. The zero-order chi connectivity index (χ0) is 8.15. The average molecular weight is 140 g/mol. The summed E-state index contributed by atoms with van der Waals surface area (Å²) in [6, 6.07) is 0. The normalized spacial score (nSPS) is 13.5. The van der Waals surface area contributed by atoms with Crippen molar-refractivity contribution in [2.75, 3.05) is 0 Å². The van der Waals surface area contributed by atoms with Crippen LogP contribution in [0.4, 0.5) is 0 Å². The van der Waals surface area contributed by atoms with Gasteiger partial charge in [0.15, 0.2) is 5.78 Å². The molecule has 0 aromatic rings. The predicted molar refractivity (Wildman–Crippen MR) is 40.8 cm³/mol. The van der Waals surface area contributed by atoms with Crippen molar-refractivity contribution in [3.63, 3.8) is 0 Å². The Labute approximate surface area is 60.9 Å². The molecule has 0 atom stereocenters. The van der Waals surface area contributed by atoms with Gasteiger partial charge < -0.3 is 5.11 Å². The van der Waals surface area contributed by atoms with E-state index in [2.05, 4.69) is 0 Å². The van der Waals surface area contributed by atoms with Crippen LogP contribution in [0.3, 0.4) is 0 Å². The van der Waals surface area contributed by atoms with E-state index < -0.39 is 0 Å². The van der Waals surface area contributed by atoms with Gasteiger partial charge in [-0.15, -0.1) is 0 Å². The number of rotatable bonds is 2. The predicted octanol–water partition coefficient (Wildman–Crippen LogP) is 1.98. The first kappa shape index (κ1) is 8.95. The fraction of sp³-hybridized carbons (Fsp3) is 0.375. The molecule has 2 nitrogen and oxygen atoms in total. The van der Waals surface area contributed by atoms with Gasteiger partial charge >= 0.3 is 0 Å². The number of allylic oxidation sites excluding steroid dienone is 4. The van der Waals surface area contributed by atoms with Crippen LogP contribution in [-0.2, 0) is 4.79 Å². The molecule has 0 unspecified atom stereocenters. The van der Waals surface area contributed by atoms with Crippen molar-refractivity contribution in [1.29, 1.82) is 0 Å². The molecule has 0 aliphatic rings. The van der Waals surface area contributed by atoms with E-state index in [-0.39, 0.29) is 11.5 Å². The van der Waals surface area contributed by atoms with Crippen LogP contribution in [0.2, 0.25) is 0 Å². The summed E-state index contributed by atoms with van der Waals surface area (Å²) in [5, 5.41) is 8.85. The Morgan fingerprint density at radius 2 is 1.70 bits per heavy atom. The quantitative estimate of drug-likeness (QED) is 0.362. The van der Waals surface area contributed by atoms with Crippen LogP contribution < -0.4 is 0 Å². The highest BCUT2D eigenvalue weighted by Crippen LogP contribution is 2.00. The van der Waals surface area contributed by atoms with Gasteiger partial charge in [-0.25, -0.2) is 0 Å². The van der Waals surface area contributed by atoms with Crippen molar-refractivity contribution in [2.45, 2.75) is 20.8 Å². The van der Waals surface area contributed by atoms with E-state index in [0.717, 1.165) is 5.57 Å². The van der Waals surface area contributed by atoms with Crippen LogP contribution in [0.25, 0.3) is 0 Å². The zero-order valence-electron chi connectivity index (χ0n) is 6.51. The van der Waals surface area contributed by atoms with E-state index in [1.54, 1.807) is 19.9 Å². The summed E-state index contributed by atoms with van der Waals surface area (Å²) in [7, 11) is 0. The maximum absolute atomic E-state index is 10.4. The number of aliphatic hydroxyl groups excluding tert-OH is 1. The maximum atomic E-state index is 10.4. The summed E-state index contributed by atoms with van der Waals surface area (Å²) in [6.45, 7) is 4.80. The molecule has 0 aliphatic carbocycles. The fourth-order valence-electron chi connectivity index (χ4n) is 0.363. The van der Waals surface area contributed by atoms with Crippen molar-refractivity contribution in [3.8, 4) is 0 Å². The molecule has 0 heterocycles. The van der Waals surface area contributed by atoms with Crippen LogP contribution in [-0.4, -0.2) is 10.9 Å². The van der Waals surface area contributed by atoms with Gasteiger partial charge in [-0.05, 0) is 32.4 Å². The van der Waals surface area contributed by atoms with Gasteiger partial charge in [-0.3, -0.25) is 4.79 Å².